The third-order valence-electron chi connectivity index (χ3n) is 2.45. The normalized spacial score (nSPS) is 12.5. The van der Waals surface area contributed by atoms with Gasteiger partial charge in [-0.1, -0.05) is 32.0 Å². The first-order valence-corrected chi connectivity index (χ1v) is 5.22. The van der Waals surface area contributed by atoms with Gasteiger partial charge in [0.25, 0.3) is 5.91 Å². The lowest BCUT2D eigenvalue weighted by Gasteiger charge is -2.17. The van der Waals surface area contributed by atoms with E-state index in [1.807, 2.05) is 25.1 Å². The van der Waals surface area contributed by atoms with Crippen molar-refractivity contribution in [2.24, 2.45) is 5.92 Å². The van der Waals surface area contributed by atoms with Crippen LogP contribution in [0, 0.1) is 5.92 Å². The molecule has 0 bridgehead atoms. The molecule has 3 nitrogen and oxygen atoms in total. The van der Waals surface area contributed by atoms with Crippen LogP contribution in [0.2, 0.25) is 0 Å². The number of carbonyl (C=O) groups is 1. The molecule has 1 aromatic carbocycles. The Balaban J connectivity index is 2.44. The van der Waals surface area contributed by atoms with E-state index >= 15 is 0 Å². The van der Waals surface area contributed by atoms with E-state index in [1.54, 1.807) is 12.1 Å². The van der Waals surface area contributed by atoms with Crippen LogP contribution in [0.3, 0.4) is 0 Å². The second-order valence-electron chi connectivity index (χ2n) is 4.00. The molecule has 1 unspecified atom stereocenters. The maximum absolute atomic E-state index is 11.6. The Labute approximate surface area is 90.9 Å². The fourth-order valence-corrected chi connectivity index (χ4v) is 1.01. The van der Waals surface area contributed by atoms with Gasteiger partial charge in [-0.15, -0.1) is 0 Å². The summed E-state index contributed by atoms with van der Waals surface area (Å²) in [6, 6.07) is 9.43. The van der Waals surface area contributed by atoms with Crippen molar-refractivity contribution in [3.05, 3.63) is 35.9 Å². The van der Waals surface area contributed by atoms with Crippen LogP contribution in [0.25, 0.3) is 0 Å². The number of amides is 1. The van der Waals surface area contributed by atoms with Crippen LogP contribution in [0.5, 0.6) is 0 Å². The fraction of sp³-hybridized carbons (Fsp3) is 0.417. The van der Waals surface area contributed by atoms with Gasteiger partial charge in [-0.05, 0) is 25.0 Å². The zero-order valence-electron chi connectivity index (χ0n) is 9.45. The monoisotopic (exact) mass is 206 g/mol. The Kier molecular flexibility index (Phi) is 4.31. The van der Waals surface area contributed by atoms with Gasteiger partial charge in [-0.2, -0.15) is 0 Å². The molecule has 0 heterocycles. The van der Waals surface area contributed by atoms with Gasteiger partial charge in [-0.25, -0.2) is 5.43 Å². The lowest BCUT2D eigenvalue weighted by molar-refractivity contribution is 0.0922. The van der Waals surface area contributed by atoms with Crippen LogP contribution in [0.15, 0.2) is 30.3 Å². The van der Waals surface area contributed by atoms with Crippen molar-refractivity contribution < 1.29 is 4.79 Å². The van der Waals surface area contributed by atoms with Crippen LogP contribution in [-0.2, 0) is 0 Å². The predicted octanol–water partition coefficient (Wildman–Crippen LogP) is 1.97. The second kappa shape index (κ2) is 5.51. The van der Waals surface area contributed by atoms with Crippen molar-refractivity contribution >= 4 is 5.91 Å². The van der Waals surface area contributed by atoms with E-state index < -0.39 is 0 Å². The lowest BCUT2D eigenvalue weighted by atomic mass is 10.1. The number of benzene rings is 1. The number of hydrogen-bond acceptors (Lipinski definition) is 2. The lowest BCUT2D eigenvalue weighted by Crippen LogP contribution is -2.45. The molecule has 0 spiro atoms. The van der Waals surface area contributed by atoms with Crippen molar-refractivity contribution in [1.82, 2.24) is 10.9 Å². The number of rotatable bonds is 4. The summed E-state index contributed by atoms with van der Waals surface area (Å²) in [7, 11) is 0. The standard InChI is InChI=1S/C12H18N2O/c1-9(2)10(3)13-14-12(15)11-7-5-4-6-8-11/h4-10,13H,1-3H3,(H,14,15). The molecule has 0 saturated heterocycles. The first-order valence-electron chi connectivity index (χ1n) is 5.22. The van der Waals surface area contributed by atoms with Crippen molar-refractivity contribution in [1.29, 1.82) is 0 Å². The van der Waals surface area contributed by atoms with E-state index in [-0.39, 0.29) is 11.9 Å². The molecule has 0 aliphatic rings. The minimum absolute atomic E-state index is 0.0944. The molecule has 82 valence electrons. The first kappa shape index (κ1) is 11.7. The van der Waals surface area contributed by atoms with E-state index in [2.05, 4.69) is 24.7 Å². The molecule has 3 heteroatoms. The maximum atomic E-state index is 11.6. The third kappa shape index (κ3) is 3.72. The van der Waals surface area contributed by atoms with E-state index in [9.17, 15) is 4.79 Å². The highest BCUT2D eigenvalue weighted by Crippen LogP contribution is 2.00. The topological polar surface area (TPSA) is 41.1 Å². The number of hydrazine groups is 1. The summed E-state index contributed by atoms with van der Waals surface area (Å²) in [5, 5.41) is 0. The van der Waals surface area contributed by atoms with Gasteiger partial charge in [0, 0.05) is 11.6 Å². The van der Waals surface area contributed by atoms with E-state index in [4.69, 9.17) is 0 Å². The molecular formula is C12H18N2O. The Morgan fingerprint density at radius 2 is 1.73 bits per heavy atom. The molecule has 1 atom stereocenters. The Bertz CT molecular complexity index is 309. The van der Waals surface area contributed by atoms with Gasteiger partial charge in [0.1, 0.15) is 0 Å². The molecule has 15 heavy (non-hydrogen) atoms. The zero-order chi connectivity index (χ0) is 11.3. The molecule has 1 aromatic rings. The second-order valence-corrected chi connectivity index (χ2v) is 4.00. The number of hydrogen-bond donors (Lipinski definition) is 2. The van der Waals surface area contributed by atoms with E-state index in [1.165, 1.54) is 0 Å². The first-order chi connectivity index (χ1) is 7.11. The van der Waals surface area contributed by atoms with Crippen LogP contribution in [0.4, 0.5) is 0 Å². The molecular weight excluding hydrogens is 188 g/mol. The predicted molar refractivity (Wildman–Crippen MR) is 61.3 cm³/mol. The van der Waals surface area contributed by atoms with Crippen molar-refractivity contribution in [3.63, 3.8) is 0 Å². The number of nitrogens with one attached hydrogen (secondary N) is 2. The summed E-state index contributed by atoms with van der Waals surface area (Å²) in [4.78, 5) is 11.6. The van der Waals surface area contributed by atoms with Crippen LogP contribution in [0.1, 0.15) is 31.1 Å². The highest BCUT2D eigenvalue weighted by molar-refractivity contribution is 5.93. The van der Waals surface area contributed by atoms with Crippen molar-refractivity contribution in [2.45, 2.75) is 26.8 Å². The maximum Gasteiger partial charge on any atom is 0.265 e. The van der Waals surface area contributed by atoms with Crippen LogP contribution in [-0.4, -0.2) is 11.9 Å². The molecule has 0 aliphatic carbocycles. The summed E-state index contributed by atoms with van der Waals surface area (Å²) in [6.07, 6.45) is 0. The quantitative estimate of drug-likeness (QED) is 0.739. The SMILES string of the molecule is CC(C)C(C)NNC(=O)c1ccccc1. The summed E-state index contributed by atoms with van der Waals surface area (Å²) in [5.41, 5.74) is 6.34. The van der Waals surface area contributed by atoms with Gasteiger partial charge in [0.2, 0.25) is 0 Å². The highest BCUT2D eigenvalue weighted by Gasteiger charge is 2.08. The number of carbonyl (C=O) groups excluding carboxylic acids is 1. The molecule has 1 rings (SSSR count). The summed E-state index contributed by atoms with van der Waals surface area (Å²) < 4.78 is 0. The van der Waals surface area contributed by atoms with E-state index in [0.29, 0.717) is 11.5 Å². The minimum Gasteiger partial charge on any atom is -0.287 e. The molecule has 2 N–H and O–H groups in total. The summed E-state index contributed by atoms with van der Waals surface area (Å²) in [6.45, 7) is 6.24. The Morgan fingerprint density at radius 1 is 1.13 bits per heavy atom. The summed E-state index contributed by atoms with van der Waals surface area (Å²) in [5.74, 6) is 0.393. The average Bonchev–Trinajstić information content (AvgIpc) is 2.26. The molecule has 0 radical (unpaired) electrons. The molecule has 1 amide bonds. The largest absolute Gasteiger partial charge is 0.287 e. The molecule has 0 aromatic heterocycles. The average molecular weight is 206 g/mol. The highest BCUT2D eigenvalue weighted by atomic mass is 16.2. The van der Waals surface area contributed by atoms with Gasteiger partial charge in [0.15, 0.2) is 0 Å². The Hall–Kier alpha value is -1.35. The minimum atomic E-state index is -0.0944. The van der Waals surface area contributed by atoms with Gasteiger partial charge >= 0.3 is 0 Å². The van der Waals surface area contributed by atoms with Crippen molar-refractivity contribution in [3.8, 4) is 0 Å². The third-order valence-corrected chi connectivity index (χ3v) is 2.45. The fourth-order valence-electron chi connectivity index (χ4n) is 1.01. The van der Waals surface area contributed by atoms with Gasteiger partial charge < -0.3 is 0 Å². The van der Waals surface area contributed by atoms with Gasteiger partial charge in [-0.3, -0.25) is 10.2 Å². The van der Waals surface area contributed by atoms with Crippen molar-refractivity contribution in [2.75, 3.05) is 0 Å². The van der Waals surface area contributed by atoms with Gasteiger partial charge in [0.05, 0.1) is 0 Å². The smallest absolute Gasteiger partial charge is 0.265 e. The Morgan fingerprint density at radius 3 is 2.27 bits per heavy atom. The van der Waals surface area contributed by atoms with Crippen LogP contribution >= 0.6 is 0 Å². The van der Waals surface area contributed by atoms with E-state index in [0.717, 1.165) is 0 Å². The van der Waals surface area contributed by atoms with Crippen LogP contribution < -0.4 is 10.9 Å². The molecule has 0 saturated carbocycles. The molecule has 0 aliphatic heterocycles. The zero-order valence-corrected chi connectivity index (χ0v) is 9.45. The molecule has 0 fully saturated rings. The summed E-state index contributed by atoms with van der Waals surface area (Å²) >= 11 is 0.